The quantitative estimate of drug-likeness (QED) is 0.269. The first kappa shape index (κ1) is 22.5. The minimum absolute atomic E-state index is 0.143. The van der Waals surface area contributed by atoms with Gasteiger partial charge in [-0.25, -0.2) is 9.59 Å². The van der Waals surface area contributed by atoms with Gasteiger partial charge >= 0.3 is 11.9 Å². The molecule has 0 unspecified atom stereocenters. The largest absolute Gasteiger partial charge is 0.490 e. The molecule has 2 aromatic carbocycles. The molecule has 0 aliphatic heterocycles. The topological polar surface area (TPSA) is 94.9 Å². The summed E-state index contributed by atoms with van der Waals surface area (Å²) in [6, 6.07) is 13.8. The van der Waals surface area contributed by atoms with Crippen LogP contribution >= 0.6 is 0 Å². The Labute approximate surface area is 175 Å². The van der Waals surface area contributed by atoms with E-state index in [0.717, 1.165) is 5.56 Å². The summed E-state index contributed by atoms with van der Waals surface area (Å²) in [5.41, 5.74) is 1.47. The highest BCUT2D eigenvalue weighted by Crippen LogP contribution is 2.29. The van der Waals surface area contributed by atoms with E-state index in [9.17, 15) is 9.59 Å². The molecule has 0 N–H and O–H groups in total. The molecule has 0 aromatic heterocycles. The lowest BCUT2D eigenvalue weighted by atomic mass is 10.1. The minimum Gasteiger partial charge on any atom is -0.490 e. The van der Waals surface area contributed by atoms with Crippen LogP contribution in [0.5, 0.6) is 17.2 Å². The molecule has 0 spiro atoms. The zero-order valence-corrected chi connectivity index (χ0v) is 17.1. The highest BCUT2D eigenvalue weighted by Gasteiger charge is 2.14. The van der Waals surface area contributed by atoms with Crippen molar-refractivity contribution < 1.29 is 28.5 Å². The van der Waals surface area contributed by atoms with Crippen molar-refractivity contribution in [2.75, 3.05) is 19.8 Å². The Balaban J connectivity index is 2.12. The maximum Gasteiger partial charge on any atom is 0.349 e. The van der Waals surface area contributed by atoms with E-state index in [1.54, 1.807) is 38.1 Å². The van der Waals surface area contributed by atoms with Gasteiger partial charge in [0.25, 0.3) is 0 Å². The maximum absolute atomic E-state index is 12.2. The van der Waals surface area contributed by atoms with Gasteiger partial charge in [-0.05, 0) is 56.7 Å². The third-order valence-electron chi connectivity index (χ3n) is 3.80. The van der Waals surface area contributed by atoms with E-state index in [4.69, 9.17) is 24.2 Å². The van der Waals surface area contributed by atoms with Crippen molar-refractivity contribution in [3.05, 3.63) is 59.2 Å². The van der Waals surface area contributed by atoms with E-state index in [0.29, 0.717) is 23.7 Å². The molecule has 30 heavy (non-hydrogen) atoms. The number of rotatable bonds is 9. The second-order valence-corrected chi connectivity index (χ2v) is 6.11. The van der Waals surface area contributed by atoms with Gasteiger partial charge in [-0.3, -0.25) is 0 Å². The van der Waals surface area contributed by atoms with E-state index in [2.05, 4.69) is 0 Å². The van der Waals surface area contributed by atoms with Crippen molar-refractivity contribution in [3.63, 3.8) is 0 Å². The van der Waals surface area contributed by atoms with Gasteiger partial charge in [-0.2, -0.15) is 5.26 Å². The van der Waals surface area contributed by atoms with Crippen LogP contribution in [-0.2, 0) is 14.3 Å². The molecule has 0 aliphatic carbocycles. The number of nitriles is 1. The Bertz CT molecular complexity index is 957. The highest BCUT2D eigenvalue weighted by molar-refractivity contribution is 5.98. The molecule has 0 atom stereocenters. The molecule has 2 aromatic rings. The van der Waals surface area contributed by atoms with Crippen LogP contribution < -0.4 is 14.2 Å². The van der Waals surface area contributed by atoms with E-state index >= 15 is 0 Å². The molecule has 0 saturated heterocycles. The lowest BCUT2D eigenvalue weighted by molar-refractivity contribution is -0.138. The smallest absolute Gasteiger partial charge is 0.349 e. The number of aryl methyl sites for hydroxylation is 1. The van der Waals surface area contributed by atoms with Gasteiger partial charge in [-0.1, -0.05) is 23.8 Å². The Kier molecular flexibility index (Phi) is 8.45. The third-order valence-corrected chi connectivity index (χ3v) is 3.80. The number of hydrogen-bond donors (Lipinski definition) is 0. The van der Waals surface area contributed by atoms with E-state index in [1.807, 2.05) is 25.1 Å². The second-order valence-electron chi connectivity index (χ2n) is 6.11. The molecule has 0 fully saturated rings. The number of carbonyl (C=O) groups excluding carboxylic acids is 2. The summed E-state index contributed by atoms with van der Waals surface area (Å²) in [7, 11) is 0. The van der Waals surface area contributed by atoms with Crippen LogP contribution in [0.15, 0.2) is 48.0 Å². The van der Waals surface area contributed by atoms with Crippen molar-refractivity contribution in [2.24, 2.45) is 0 Å². The summed E-state index contributed by atoms with van der Waals surface area (Å²) >= 11 is 0. The SMILES string of the molecule is CCOC(=O)/C(C#N)=C/c1ccc(OC(=O)COc2ccc(C)cc2)c(OCC)c1. The van der Waals surface area contributed by atoms with Crippen molar-refractivity contribution in [1.82, 2.24) is 0 Å². The molecule has 0 bridgehead atoms. The van der Waals surface area contributed by atoms with Gasteiger partial charge in [0.05, 0.1) is 13.2 Å². The summed E-state index contributed by atoms with van der Waals surface area (Å²) in [6.07, 6.45) is 1.38. The van der Waals surface area contributed by atoms with Crippen molar-refractivity contribution in [2.45, 2.75) is 20.8 Å². The van der Waals surface area contributed by atoms with Crippen molar-refractivity contribution >= 4 is 18.0 Å². The zero-order valence-electron chi connectivity index (χ0n) is 17.1. The summed E-state index contributed by atoms with van der Waals surface area (Å²) in [4.78, 5) is 23.9. The fourth-order valence-corrected chi connectivity index (χ4v) is 2.41. The summed E-state index contributed by atoms with van der Waals surface area (Å²) in [6.45, 7) is 5.64. The molecule has 0 radical (unpaired) electrons. The standard InChI is InChI=1S/C23H23NO6/c1-4-27-21-13-17(12-18(14-24)23(26)28-5-2)8-11-20(21)30-22(25)15-29-19-9-6-16(3)7-10-19/h6-13H,4-5,15H2,1-3H3/b18-12+. The number of ether oxygens (including phenoxy) is 4. The summed E-state index contributed by atoms with van der Waals surface area (Å²) in [5, 5.41) is 9.17. The fourth-order valence-electron chi connectivity index (χ4n) is 2.41. The first-order valence-electron chi connectivity index (χ1n) is 9.42. The first-order valence-corrected chi connectivity index (χ1v) is 9.42. The Hall–Kier alpha value is -3.79. The Morgan fingerprint density at radius 3 is 2.37 bits per heavy atom. The van der Waals surface area contributed by atoms with Crippen LogP contribution in [-0.4, -0.2) is 31.8 Å². The van der Waals surface area contributed by atoms with Crippen LogP contribution in [0.25, 0.3) is 6.08 Å². The molecule has 0 aliphatic rings. The number of esters is 2. The predicted molar refractivity (Wildman–Crippen MR) is 110 cm³/mol. The van der Waals surface area contributed by atoms with E-state index in [-0.39, 0.29) is 24.5 Å². The Morgan fingerprint density at radius 2 is 1.73 bits per heavy atom. The maximum atomic E-state index is 12.2. The second kappa shape index (κ2) is 11.3. The average Bonchev–Trinajstić information content (AvgIpc) is 2.73. The molecule has 0 heterocycles. The molecule has 156 valence electrons. The normalized spacial score (nSPS) is 10.7. The lowest BCUT2D eigenvalue weighted by Crippen LogP contribution is -2.18. The molecule has 7 nitrogen and oxygen atoms in total. The number of carbonyl (C=O) groups is 2. The van der Waals surface area contributed by atoms with Gasteiger partial charge in [0, 0.05) is 0 Å². The van der Waals surface area contributed by atoms with Crippen LogP contribution in [0.3, 0.4) is 0 Å². The molecular weight excluding hydrogens is 386 g/mol. The molecule has 0 saturated carbocycles. The minimum atomic E-state index is -0.707. The van der Waals surface area contributed by atoms with E-state index < -0.39 is 11.9 Å². The average molecular weight is 409 g/mol. The van der Waals surface area contributed by atoms with Gasteiger partial charge in [0.2, 0.25) is 0 Å². The van der Waals surface area contributed by atoms with E-state index in [1.165, 1.54) is 12.1 Å². The highest BCUT2D eigenvalue weighted by atomic mass is 16.6. The lowest BCUT2D eigenvalue weighted by Gasteiger charge is -2.12. The molecule has 2 rings (SSSR count). The van der Waals surface area contributed by atoms with Crippen LogP contribution in [0.4, 0.5) is 0 Å². The third kappa shape index (κ3) is 6.67. The number of hydrogen-bond acceptors (Lipinski definition) is 7. The fraction of sp³-hybridized carbons (Fsp3) is 0.261. The summed E-state index contributed by atoms with van der Waals surface area (Å²) in [5.74, 6) is -0.228. The van der Waals surface area contributed by atoms with Crippen LogP contribution in [0.1, 0.15) is 25.0 Å². The van der Waals surface area contributed by atoms with Gasteiger partial charge < -0.3 is 18.9 Å². The van der Waals surface area contributed by atoms with Gasteiger partial charge in [0.15, 0.2) is 18.1 Å². The Morgan fingerprint density at radius 1 is 1.00 bits per heavy atom. The monoisotopic (exact) mass is 409 g/mol. The first-order chi connectivity index (χ1) is 14.5. The van der Waals surface area contributed by atoms with Crippen molar-refractivity contribution in [3.8, 4) is 23.3 Å². The number of benzene rings is 2. The molecular formula is C23H23NO6. The van der Waals surface area contributed by atoms with Gasteiger partial charge in [0.1, 0.15) is 17.4 Å². The van der Waals surface area contributed by atoms with Crippen molar-refractivity contribution in [1.29, 1.82) is 5.26 Å². The van der Waals surface area contributed by atoms with Crippen LogP contribution in [0.2, 0.25) is 0 Å². The van der Waals surface area contributed by atoms with Crippen LogP contribution in [0, 0.1) is 18.3 Å². The summed E-state index contributed by atoms with van der Waals surface area (Å²) < 4.78 is 21.2. The number of nitrogens with zero attached hydrogens (tertiary/aromatic N) is 1. The predicted octanol–water partition coefficient (Wildman–Crippen LogP) is 3.85. The molecule has 0 amide bonds. The zero-order chi connectivity index (χ0) is 21.9. The molecule has 7 heteroatoms. The van der Waals surface area contributed by atoms with Gasteiger partial charge in [-0.15, -0.1) is 0 Å².